The van der Waals surface area contributed by atoms with Gasteiger partial charge in [-0.1, -0.05) is 0 Å². The molecule has 0 radical (unpaired) electrons. The maximum absolute atomic E-state index is 5.88. The molecule has 0 unspecified atom stereocenters. The smallest absolute Gasteiger partial charge is 0.153 e. The Balaban J connectivity index is 2.23. The number of anilines is 2. The van der Waals surface area contributed by atoms with Gasteiger partial charge < -0.3 is 10.6 Å². The lowest BCUT2D eigenvalue weighted by Gasteiger charge is -2.21. The molecular formula is C12H16N4S2. The summed E-state index contributed by atoms with van der Waals surface area (Å²) in [6.07, 6.45) is 5.67. The minimum absolute atomic E-state index is 0.635. The van der Waals surface area contributed by atoms with E-state index in [0.717, 1.165) is 23.0 Å². The van der Waals surface area contributed by atoms with Crippen LogP contribution in [0.2, 0.25) is 0 Å². The Labute approximate surface area is 115 Å². The van der Waals surface area contributed by atoms with Crippen LogP contribution >= 0.6 is 23.3 Å². The number of nitrogens with zero attached hydrogens (tertiary/aromatic N) is 3. The molecule has 2 heterocycles. The van der Waals surface area contributed by atoms with Crippen molar-refractivity contribution in [3.05, 3.63) is 30.1 Å². The van der Waals surface area contributed by atoms with Gasteiger partial charge in [0.2, 0.25) is 0 Å². The summed E-state index contributed by atoms with van der Waals surface area (Å²) in [6, 6.07) is 4.07. The molecule has 6 heteroatoms. The van der Waals surface area contributed by atoms with Crippen LogP contribution in [0.3, 0.4) is 0 Å². The molecule has 4 nitrogen and oxygen atoms in total. The second kappa shape index (κ2) is 6.06. The second-order valence-corrected chi connectivity index (χ2v) is 5.34. The van der Waals surface area contributed by atoms with E-state index in [1.165, 1.54) is 17.1 Å². The Kier molecular flexibility index (Phi) is 4.43. The SMILES string of the molecule is CCN(Cc1ccncc1)c1snc(N)c1SC. The third kappa shape index (κ3) is 2.76. The summed E-state index contributed by atoms with van der Waals surface area (Å²) in [7, 11) is 0. The Morgan fingerprint density at radius 1 is 1.39 bits per heavy atom. The average Bonchev–Trinajstić information content (AvgIpc) is 2.78. The summed E-state index contributed by atoms with van der Waals surface area (Å²) in [5.74, 6) is 0.635. The molecule has 0 saturated heterocycles. The first kappa shape index (κ1) is 13.2. The number of nitrogens with two attached hydrogens (primary N) is 1. The van der Waals surface area contributed by atoms with Gasteiger partial charge in [0.1, 0.15) is 5.00 Å². The molecule has 2 N–H and O–H groups in total. The Morgan fingerprint density at radius 2 is 2.11 bits per heavy atom. The van der Waals surface area contributed by atoms with Gasteiger partial charge in [-0.25, -0.2) is 0 Å². The van der Waals surface area contributed by atoms with E-state index in [9.17, 15) is 0 Å². The molecule has 18 heavy (non-hydrogen) atoms. The molecule has 0 aromatic carbocycles. The summed E-state index contributed by atoms with van der Waals surface area (Å²) in [5.41, 5.74) is 7.12. The van der Waals surface area contributed by atoms with Crippen molar-refractivity contribution in [2.24, 2.45) is 0 Å². The van der Waals surface area contributed by atoms with E-state index in [1.54, 1.807) is 11.8 Å². The van der Waals surface area contributed by atoms with Gasteiger partial charge in [0.15, 0.2) is 5.82 Å². The maximum atomic E-state index is 5.88. The molecule has 0 aliphatic carbocycles. The second-order valence-electron chi connectivity index (χ2n) is 3.78. The minimum atomic E-state index is 0.635. The summed E-state index contributed by atoms with van der Waals surface area (Å²) in [5, 5.41) is 1.15. The standard InChI is InChI=1S/C12H16N4S2/c1-3-16(8-9-4-6-14-7-5-9)12-10(17-2)11(13)15-18-12/h4-7H,3,8H2,1-2H3,(H2,13,15). The van der Waals surface area contributed by atoms with Crippen molar-refractivity contribution < 1.29 is 0 Å². The lowest BCUT2D eigenvalue weighted by molar-refractivity contribution is 0.832. The van der Waals surface area contributed by atoms with E-state index in [2.05, 4.69) is 21.2 Å². The summed E-state index contributed by atoms with van der Waals surface area (Å²) >= 11 is 3.12. The third-order valence-electron chi connectivity index (χ3n) is 2.65. The van der Waals surface area contributed by atoms with Gasteiger partial charge in [-0.2, -0.15) is 4.37 Å². The van der Waals surface area contributed by atoms with E-state index in [0.29, 0.717) is 5.82 Å². The highest BCUT2D eigenvalue weighted by Crippen LogP contribution is 2.37. The molecule has 0 bridgehead atoms. The predicted molar refractivity (Wildman–Crippen MR) is 79.3 cm³/mol. The summed E-state index contributed by atoms with van der Waals surface area (Å²) in [4.78, 5) is 7.40. The molecule has 2 rings (SSSR count). The third-order valence-corrected chi connectivity index (χ3v) is 4.52. The Hall–Kier alpha value is -1.27. The van der Waals surface area contributed by atoms with Gasteiger partial charge in [0.05, 0.1) is 4.90 Å². The quantitative estimate of drug-likeness (QED) is 0.854. The van der Waals surface area contributed by atoms with Gasteiger partial charge in [-0.3, -0.25) is 4.98 Å². The van der Waals surface area contributed by atoms with Crippen LogP contribution in [0.25, 0.3) is 0 Å². The molecular weight excluding hydrogens is 264 g/mol. The number of nitrogen functional groups attached to an aromatic ring is 1. The zero-order valence-electron chi connectivity index (χ0n) is 10.5. The zero-order valence-corrected chi connectivity index (χ0v) is 12.1. The van der Waals surface area contributed by atoms with Gasteiger partial charge in [-0.15, -0.1) is 11.8 Å². The van der Waals surface area contributed by atoms with E-state index in [1.807, 2.05) is 30.8 Å². The van der Waals surface area contributed by atoms with Crippen LogP contribution in [-0.2, 0) is 6.54 Å². The highest BCUT2D eigenvalue weighted by atomic mass is 32.2. The van der Waals surface area contributed by atoms with Crippen LogP contribution in [0.4, 0.5) is 10.8 Å². The molecule has 0 spiro atoms. The number of thioether (sulfide) groups is 1. The predicted octanol–water partition coefficient (Wildman–Crippen LogP) is 2.87. The fourth-order valence-corrected chi connectivity index (χ4v) is 3.46. The van der Waals surface area contributed by atoms with Crippen molar-refractivity contribution in [2.75, 3.05) is 23.4 Å². The molecule has 0 fully saturated rings. The minimum Gasteiger partial charge on any atom is -0.382 e. The van der Waals surface area contributed by atoms with Crippen LogP contribution in [0.15, 0.2) is 29.4 Å². The normalized spacial score (nSPS) is 10.6. The van der Waals surface area contributed by atoms with E-state index >= 15 is 0 Å². The zero-order chi connectivity index (χ0) is 13.0. The number of aromatic nitrogens is 2. The van der Waals surface area contributed by atoms with Crippen molar-refractivity contribution in [3.8, 4) is 0 Å². The monoisotopic (exact) mass is 280 g/mol. The van der Waals surface area contributed by atoms with Crippen LogP contribution in [-0.4, -0.2) is 22.2 Å². The lowest BCUT2D eigenvalue weighted by atomic mass is 10.2. The summed E-state index contributed by atoms with van der Waals surface area (Å²) in [6.45, 7) is 3.92. The molecule has 0 amide bonds. The Morgan fingerprint density at radius 3 is 2.72 bits per heavy atom. The first-order valence-electron chi connectivity index (χ1n) is 5.69. The van der Waals surface area contributed by atoms with Crippen LogP contribution in [0, 0.1) is 0 Å². The lowest BCUT2D eigenvalue weighted by Crippen LogP contribution is -2.21. The molecule has 0 saturated carbocycles. The van der Waals surface area contributed by atoms with Crippen molar-refractivity contribution in [2.45, 2.75) is 18.4 Å². The van der Waals surface area contributed by atoms with Crippen molar-refractivity contribution >= 4 is 34.1 Å². The first-order chi connectivity index (χ1) is 8.76. The topological polar surface area (TPSA) is 55.0 Å². The first-order valence-corrected chi connectivity index (χ1v) is 7.69. The summed E-state index contributed by atoms with van der Waals surface area (Å²) < 4.78 is 4.24. The van der Waals surface area contributed by atoms with Gasteiger partial charge in [-0.05, 0) is 42.4 Å². The van der Waals surface area contributed by atoms with Crippen molar-refractivity contribution in [1.82, 2.24) is 9.36 Å². The molecule has 0 atom stereocenters. The van der Waals surface area contributed by atoms with Gasteiger partial charge >= 0.3 is 0 Å². The largest absolute Gasteiger partial charge is 0.382 e. The number of hydrogen-bond acceptors (Lipinski definition) is 6. The number of hydrogen-bond donors (Lipinski definition) is 1. The van der Waals surface area contributed by atoms with Gasteiger partial charge in [0, 0.05) is 25.5 Å². The number of rotatable bonds is 5. The molecule has 2 aromatic heterocycles. The van der Waals surface area contributed by atoms with Crippen LogP contribution in [0.1, 0.15) is 12.5 Å². The fraction of sp³-hybridized carbons (Fsp3) is 0.333. The van der Waals surface area contributed by atoms with Crippen molar-refractivity contribution in [1.29, 1.82) is 0 Å². The van der Waals surface area contributed by atoms with Crippen LogP contribution in [0.5, 0.6) is 0 Å². The van der Waals surface area contributed by atoms with Crippen molar-refractivity contribution in [3.63, 3.8) is 0 Å². The highest BCUT2D eigenvalue weighted by molar-refractivity contribution is 7.99. The molecule has 0 aliphatic rings. The van der Waals surface area contributed by atoms with Gasteiger partial charge in [0.25, 0.3) is 0 Å². The molecule has 0 aliphatic heterocycles. The average molecular weight is 280 g/mol. The fourth-order valence-electron chi connectivity index (χ4n) is 1.71. The highest BCUT2D eigenvalue weighted by Gasteiger charge is 2.16. The molecule has 96 valence electrons. The maximum Gasteiger partial charge on any atom is 0.153 e. The number of pyridine rings is 1. The Bertz CT molecular complexity index is 498. The van der Waals surface area contributed by atoms with Crippen LogP contribution < -0.4 is 10.6 Å². The molecule has 2 aromatic rings. The van der Waals surface area contributed by atoms with E-state index < -0.39 is 0 Å². The van der Waals surface area contributed by atoms with E-state index in [4.69, 9.17) is 5.73 Å². The van der Waals surface area contributed by atoms with E-state index in [-0.39, 0.29) is 0 Å².